The van der Waals surface area contributed by atoms with E-state index in [-0.39, 0.29) is 0 Å². The van der Waals surface area contributed by atoms with Crippen molar-refractivity contribution in [3.63, 3.8) is 0 Å². The Bertz CT molecular complexity index is 573. The number of rotatable bonds is 5. The van der Waals surface area contributed by atoms with Crippen LogP contribution in [0.3, 0.4) is 0 Å². The van der Waals surface area contributed by atoms with E-state index < -0.39 is 0 Å². The lowest BCUT2D eigenvalue weighted by Crippen LogP contribution is -2.43. The summed E-state index contributed by atoms with van der Waals surface area (Å²) in [7, 11) is 0. The molecular weight excluding hydrogens is 282 g/mol. The molecule has 1 N–H and O–H groups in total. The van der Waals surface area contributed by atoms with Crippen LogP contribution in [0, 0.1) is 0 Å². The number of para-hydroxylation sites is 1. The van der Waals surface area contributed by atoms with E-state index in [1.807, 2.05) is 18.2 Å². The quantitative estimate of drug-likeness (QED) is 0.916. The molecule has 0 atom stereocenters. The smallest absolute Gasteiger partial charge is 0.0646 e. The molecule has 0 unspecified atom stereocenters. The minimum atomic E-state index is 0.803. The van der Waals surface area contributed by atoms with Crippen LogP contribution >= 0.6 is 11.6 Å². The molecule has 21 heavy (non-hydrogen) atoms. The molecule has 2 heterocycles. The molecule has 4 heteroatoms. The standard InChI is InChI=1S/C17H22ClN3/c18-16-7-1-2-8-17(16)21-12-4-6-15(21)5-3-11-20-13-9-19-10-14-20/h1-2,4,6-8,12,19H,3,5,9-11,13-14H2. The molecule has 1 saturated heterocycles. The third-order valence-electron chi connectivity index (χ3n) is 4.06. The van der Waals surface area contributed by atoms with Gasteiger partial charge < -0.3 is 14.8 Å². The lowest BCUT2D eigenvalue weighted by atomic mass is 10.2. The highest BCUT2D eigenvalue weighted by molar-refractivity contribution is 6.32. The highest BCUT2D eigenvalue weighted by Gasteiger charge is 2.10. The van der Waals surface area contributed by atoms with Crippen molar-refractivity contribution >= 4 is 11.6 Å². The maximum absolute atomic E-state index is 6.31. The summed E-state index contributed by atoms with van der Waals surface area (Å²) in [5.74, 6) is 0. The zero-order valence-electron chi connectivity index (χ0n) is 12.3. The fourth-order valence-corrected chi connectivity index (χ4v) is 3.15. The van der Waals surface area contributed by atoms with Gasteiger partial charge in [0.1, 0.15) is 0 Å². The number of nitrogens with one attached hydrogen (secondary N) is 1. The molecule has 1 fully saturated rings. The molecule has 3 rings (SSSR count). The summed E-state index contributed by atoms with van der Waals surface area (Å²) < 4.78 is 2.21. The summed E-state index contributed by atoms with van der Waals surface area (Å²) in [6, 6.07) is 12.3. The average molecular weight is 304 g/mol. The van der Waals surface area contributed by atoms with Crippen molar-refractivity contribution in [3.8, 4) is 5.69 Å². The van der Waals surface area contributed by atoms with E-state index >= 15 is 0 Å². The fourth-order valence-electron chi connectivity index (χ4n) is 2.92. The van der Waals surface area contributed by atoms with E-state index in [0.29, 0.717) is 0 Å². The summed E-state index contributed by atoms with van der Waals surface area (Å²) in [4.78, 5) is 2.54. The summed E-state index contributed by atoms with van der Waals surface area (Å²) >= 11 is 6.31. The number of piperazine rings is 1. The summed E-state index contributed by atoms with van der Waals surface area (Å²) in [5, 5.41) is 4.20. The van der Waals surface area contributed by atoms with Gasteiger partial charge in [0.05, 0.1) is 10.7 Å². The van der Waals surface area contributed by atoms with Crippen molar-refractivity contribution in [3.05, 3.63) is 53.3 Å². The van der Waals surface area contributed by atoms with Crippen LogP contribution in [0.25, 0.3) is 5.69 Å². The van der Waals surface area contributed by atoms with Crippen LogP contribution in [0.4, 0.5) is 0 Å². The molecule has 0 saturated carbocycles. The highest BCUT2D eigenvalue weighted by Crippen LogP contribution is 2.22. The van der Waals surface area contributed by atoms with Crippen molar-refractivity contribution in [2.75, 3.05) is 32.7 Å². The van der Waals surface area contributed by atoms with Gasteiger partial charge in [-0.05, 0) is 43.7 Å². The van der Waals surface area contributed by atoms with Crippen LogP contribution in [-0.2, 0) is 6.42 Å². The average Bonchev–Trinajstić information content (AvgIpc) is 2.97. The van der Waals surface area contributed by atoms with Gasteiger partial charge in [-0.15, -0.1) is 0 Å². The van der Waals surface area contributed by atoms with Gasteiger partial charge in [0.2, 0.25) is 0 Å². The molecule has 0 aliphatic carbocycles. The normalized spacial score (nSPS) is 16.2. The number of halogens is 1. The van der Waals surface area contributed by atoms with Gasteiger partial charge in [-0.25, -0.2) is 0 Å². The van der Waals surface area contributed by atoms with Crippen molar-refractivity contribution in [1.29, 1.82) is 0 Å². The monoisotopic (exact) mass is 303 g/mol. The van der Waals surface area contributed by atoms with Gasteiger partial charge in [-0.2, -0.15) is 0 Å². The number of hydrogen-bond donors (Lipinski definition) is 1. The zero-order chi connectivity index (χ0) is 14.5. The summed E-state index contributed by atoms with van der Waals surface area (Å²) in [6.07, 6.45) is 4.37. The lowest BCUT2D eigenvalue weighted by Gasteiger charge is -2.27. The first-order valence-corrected chi connectivity index (χ1v) is 8.06. The Morgan fingerprint density at radius 1 is 1.05 bits per heavy atom. The minimum absolute atomic E-state index is 0.803. The molecule has 2 aromatic rings. The Kier molecular flexibility index (Phi) is 4.96. The molecule has 1 aliphatic rings. The second kappa shape index (κ2) is 7.12. The maximum atomic E-state index is 6.31. The number of aromatic nitrogens is 1. The first-order valence-electron chi connectivity index (χ1n) is 7.69. The maximum Gasteiger partial charge on any atom is 0.0646 e. The van der Waals surface area contributed by atoms with Crippen LogP contribution in [0.5, 0.6) is 0 Å². The second-order valence-electron chi connectivity index (χ2n) is 5.52. The second-order valence-corrected chi connectivity index (χ2v) is 5.92. The molecular formula is C17H22ClN3. The first-order chi connectivity index (χ1) is 10.3. The lowest BCUT2D eigenvalue weighted by molar-refractivity contribution is 0.238. The van der Waals surface area contributed by atoms with Gasteiger partial charge >= 0.3 is 0 Å². The molecule has 1 aromatic heterocycles. The molecule has 0 amide bonds. The molecule has 0 bridgehead atoms. The predicted octanol–water partition coefficient (Wildman–Crippen LogP) is 2.97. The van der Waals surface area contributed by atoms with Crippen molar-refractivity contribution in [1.82, 2.24) is 14.8 Å². The fraction of sp³-hybridized carbons (Fsp3) is 0.412. The van der Waals surface area contributed by atoms with E-state index in [0.717, 1.165) is 30.2 Å². The van der Waals surface area contributed by atoms with Gasteiger partial charge in [0.15, 0.2) is 0 Å². The van der Waals surface area contributed by atoms with E-state index in [9.17, 15) is 0 Å². The number of benzene rings is 1. The Balaban J connectivity index is 1.62. The topological polar surface area (TPSA) is 20.2 Å². The largest absolute Gasteiger partial charge is 0.319 e. The third kappa shape index (κ3) is 3.67. The molecule has 0 radical (unpaired) electrons. The number of hydrogen-bond acceptors (Lipinski definition) is 2. The zero-order valence-corrected chi connectivity index (χ0v) is 13.0. The van der Waals surface area contributed by atoms with Gasteiger partial charge in [0, 0.05) is 38.1 Å². The highest BCUT2D eigenvalue weighted by atomic mass is 35.5. The van der Waals surface area contributed by atoms with Crippen molar-refractivity contribution < 1.29 is 0 Å². The molecule has 1 aromatic carbocycles. The van der Waals surface area contributed by atoms with Crippen LogP contribution in [0.15, 0.2) is 42.6 Å². The van der Waals surface area contributed by atoms with E-state index in [1.165, 1.54) is 31.7 Å². The van der Waals surface area contributed by atoms with Crippen LogP contribution in [0.2, 0.25) is 5.02 Å². The molecule has 112 valence electrons. The minimum Gasteiger partial charge on any atom is -0.319 e. The van der Waals surface area contributed by atoms with Crippen LogP contribution < -0.4 is 5.32 Å². The summed E-state index contributed by atoms with van der Waals surface area (Å²) in [5.41, 5.74) is 2.40. The van der Waals surface area contributed by atoms with Crippen LogP contribution in [0.1, 0.15) is 12.1 Å². The molecule has 3 nitrogen and oxygen atoms in total. The summed E-state index contributed by atoms with van der Waals surface area (Å²) in [6.45, 7) is 5.76. The van der Waals surface area contributed by atoms with Gasteiger partial charge in [-0.3, -0.25) is 0 Å². The van der Waals surface area contributed by atoms with Crippen molar-refractivity contribution in [2.45, 2.75) is 12.8 Å². The number of nitrogens with zero attached hydrogens (tertiary/aromatic N) is 2. The van der Waals surface area contributed by atoms with Gasteiger partial charge in [0.25, 0.3) is 0 Å². The van der Waals surface area contributed by atoms with Crippen LogP contribution in [-0.4, -0.2) is 42.2 Å². The predicted molar refractivity (Wildman–Crippen MR) is 88.4 cm³/mol. The van der Waals surface area contributed by atoms with E-state index in [4.69, 9.17) is 11.6 Å². The SMILES string of the molecule is Clc1ccccc1-n1cccc1CCCN1CCNCC1. The van der Waals surface area contributed by atoms with Gasteiger partial charge in [-0.1, -0.05) is 23.7 Å². The number of aryl methyl sites for hydroxylation is 1. The molecule has 1 aliphatic heterocycles. The Hall–Kier alpha value is -1.29. The Morgan fingerprint density at radius 3 is 2.67 bits per heavy atom. The third-order valence-corrected chi connectivity index (χ3v) is 4.38. The molecule has 0 spiro atoms. The van der Waals surface area contributed by atoms with Crippen molar-refractivity contribution in [2.24, 2.45) is 0 Å². The Morgan fingerprint density at radius 2 is 1.86 bits per heavy atom. The Labute approximate surface area is 131 Å². The van der Waals surface area contributed by atoms with E-state index in [1.54, 1.807) is 0 Å². The van der Waals surface area contributed by atoms with E-state index in [2.05, 4.69) is 39.2 Å². The first kappa shape index (κ1) is 14.6.